The number of hydrogen-bond acceptors (Lipinski definition) is 5. The van der Waals surface area contributed by atoms with Crippen LogP contribution in [0.5, 0.6) is 0 Å². The number of nitrogens with one attached hydrogen (secondary N) is 3. The van der Waals surface area contributed by atoms with E-state index in [9.17, 15) is 0 Å². The van der Waals surface area contributed by atoms with E-state index in [0.29, 0.717) is 6.54 Å². The molecular weight excluding hydrogens is 310 g/mol. The lowest BCUT2D eigenvalue weighted by molar-refractivity contribution is 0.881. The number of aromatic nitrogens is 1. The minimum Gasteiger partial charge on any atom is -0.359 e. The Morgan fingerprint density at radius 2 is 1.48 bits per heavy atom. The second kappa shape index (κ2) is 5.63. The second-order valence-electron chi connectivity index (χ2n) is 6.16. The molecule has 25 heavy (non-hydrogen) atoms. The Labute approximate surface area is 145 Å². The SMILES string of the molecule is c1cc(C2=NCc3ccccc3N2)nc(C2Nc3ccccc3N2)c1. The normalized spacial score (nSPS) is 15.3. The molecule has 2 aliphatic heterocycles. The Bertz CT molecular complexity index is 954. The van der Waals surface area contributed by atoms with Gasteiger partial charge in [-0.05, 0) is 35.9 Å². The highest BCUT2D eigenvalue weighted by Crippen LogP contribution is 2.34. The molecule has 3 aromatic rings. The van der Waals surface area contributed by atoms with Crippen molar-refractivity contribution in [3.05, 3.63) is 83.7 Å². The lowest BCUT2D eigenvalue weighted by Crippen LogP contribution is -2.22. The first-order valence-electron chi connectivity index (χ1n) is 8.36. The molecule has 0 aliphatic carbocycles. The summed E-state index contributed by atoms with van der Waals surface area (Å²) >= 11 is 0. The molecule has 122 valence electrons. The van der Waals surface area contributed by atoms with E-state index in [0.717, 1.165) is 34.3 Å². The number of benzene rings is 2. The van der Waals surface area contributed by atoms with Crippen LogP contribution in [-0.2, 0) is 6.54 Å². The van der Waals surface area contributed by atoms with Gasteiger partial charge in [0.15, 0.2) is 5.84 Å². The van der Waals surface area contributed by atoms with Crippen LogP contribution in [0.25, 0.3) is 0 Å². The third-order valence-electron chi connectivity index (χ3n) is 4.51. The number of rotatable bonds is 2. The van der Waals surface area contributed by atoms with Gasteiger partial charge in [-0.2, -0.15) is 0 Å². The van der Waals surface area contributed by atoms with Gasteiger partial charge in [0.05, 0.1) is 23.6 Å². The molecule has 0 radical (unpaired) electrons. The van der Waals surface area contributed by atoms with Crippen molar-refractivity contribution < 1.29 is 0 Å². The maximum atomic E-state index is 4.82. The summed E-state index contributed by atoms with van der Waals surface area (Å²) in [4.78, 5) is 9.47. The lowest BCUT2D eigenvalue weighted by atomic mass is 10.1. The van der Waals surface area contributed by atoms with E-state index in [2.05, 4.69) is 45.2 Å². The summed E-state index contributed by atoms with van der Waals surface area (Å²) in [6, 6.07) is 22.5. The highest BCUT2D eigenvalue weighted by Gasteiger charge is 2.22. The van der Waals surface area contributed by atoms with Crippen LogP contribution in [0.3, 0.4) is 0 Å². The van der Waals surface area contributed by atoms with Crippen LogP contribution in [0, 0.1) is 0 Å². The molecule has 2 aliphatic rings. The number of nitrogens with zero attached hydrogens (tertiary/aromatic N) is 2. The van der Waals surface area contributed by atoms with Crippen molar-refractivity contribution in [3.8, 4) is 0 Å². The summed E-state index contributed by atoms with van der Waals surface area (Å²) in [5, 5.41) is 10.3. The standard InChI is InChI=1S/C20H17N5/c1-2-7-14-13(6-1)12-21-19(23-14)17-10-5-11-18(22-17)20-24-15-8-3-4-9-16(15)25-20/h1-11,20,24-25H,12H2,(H,21,23). The lowest BCUT2D eigenvalue weighted by Gasteiger charge is -2.19. The minimum atomic E-state index is -0.0335. The number of hydrogen-bond donors (Lipinski definition) is 3. The zero-order valence-electron chi connectivity index (χ0n) is 13.5. The van der Waals surface area contributed by atoms with E-state index >= 15 is 0 Å². The predicted octanol–water partition coefficient (Wildman–Crippen LogP) is 3.99. The van der Waals surface area contributed by atoms with Gasteiger partial charge in [-0.25, -0.2) is 4.98 Å². The topological polar surface area (TPSA) is 61.3 Å². The Balaban J connectivity index is 1.42. The minimum absolute atomic E-state index is 0.0335. The Kier molecular flexibility index (Phi) is 3.16. The van der Waals surface area contributed by atoms with Crippen molar-refractivity contribution in [2.75, 3.05) is 16.0 Å². The van der Waals surface area contributed by atoms with Gasteiger partial charge >= 0.3 is 0 Å². The van der Waals surface area contributed by atoms with Gasteiger partial charge in [-0.15, -0.1) is 0 Å². The quantitative estimate of drug-likeness (QED) is 0.666. The van der Waals surface area contributed by atoms with Crippen LogP contribution in [0.1, 0.15) is 23.1 Å². The van der Waals surface area contributed by atoms with Crippen molar-refractivity contribution >= 4 is 22.9 Å². The highest BCUT2D eigenvalue weighted by molar-refractivity contribution is 6.08. The summed E-state index contributed by atoms with van der Waals surface area (Å²) in [5.74, 6) is 0.816. The van der Waals surface area contributed by atoms with Gasteiger partial charge in [0, 0.05) is 5.69 Å². The molecule has 0 fully saturated rings. The third-order valence-corrected chi connectivity index (χ3v) is 4.51. The number of anilines is 3. The van der Waals surface area contributed by atoms with Crippen LogP contribution in [0.4, 0.5) is 17.1 Å². The Morgan fingerprint density at radius 3 is 2.28 bits per heavy atom. The first-order valence-corrected chi connectivity index (χ1v) is 8.36. The van der Waals surface area contributed by atoms with Crippen molar-refractivity contribution in [2.24, 2.45) is 4.99 Å². The predicted molar refractivity (Wildman–Crippen MR) is 101 cm³/mol. The van der Waals surface area contributed by atoms with Crippen LogP contribution in [0.15, 0.2) is 71.7 Å². The largest absolute Gasteiger partial charge is 0.359 e. The highest BCUT2D eigenvalue weighted by atomic mass is 15.2. The zero-order chi connectivity index (χ0) is 16.6. The van der Waals surface area contributed by atoms with Crippen molar-refractivity contribution in [2.45, 2.75) is 12.7 Å². The summed E-state index contributed by atoms with van der Waals surface area (Å²) < 4.78 is 0. The fourth-order valence-electron chi connectivity index (χ4n) is 3.23. The molecule has 3 N–H and O–H groups in total. The maximum Gasteiger partial charge on any atom is 0.152 e. The van der Waals surface area contributed by atoms with Gasteiger partial charge in [-0.3, -0.25) is 4.99 Å². The monoisotopic (exact) mass is 327 g/mol. The van der Waals surface area contributed by atoms with E-state index in [4.69, 9.17) is 4.98 Å². The third kappa shape index (κ3) is 2.50. The fraction of sp³-hybridized carbons (Fsp3) is 0.100. The van der Waals surface area contributed by atoms with Gasteiger partial charge in [0.25, 0.3) is 0 Å². The van der Waals surface area contributed by atoms with Crippen LogP contribution in [-0.4, -0.2) is 10.8 Å². The molecule has 0 spiro atoms. The number of fused-ring (bicyclic) bond motifs is 2. The average Bonchev–Trinajstić information content (AvgIpc) is 3.12. The van der Waals surface area contributed by atoms with E-state index < -0.39 is 0 Å². The molecule has 0 unspecified atom stereocenters. The van der Waals surface area contributed by atoms with Gasteiger partial charge < -0.3 is 16.0 Å². The zero-order valence-corrected chi connectivity index (χ0v) is 13.5. The van der Waals surface area contributed by atoms with Gasteiger partial charge in [0.2, 0.25) is 0 Å². The molecule has 2 aromatic carbocycles. The number of amidine groups is 1. The number of aliphatic imine (C=N–C) groups is 1. The van der Waals surface area contributed by atoms with Crippen LogP contribution in [0.2, 0.25) is 0 Å². The van der Waals surface area contributed by atoms with Gasteiger partial charge in [0.1, 0.15) is 11.9 Å². The summed E-state index contributed by atoms with van der Waals surface area (Å²) in [6.07, 6.45) is -0.0335. The van der Waals surface area contributed by atoms with Crippen LogP contribution < -0.4 is 16.0 Å². The molecule has 0 bridgehead atoms. The van der Waals surface area contributed by atoms with E-state index in [1.165, 1.54) is 5.56 Å². The average molecular weight is 327 g/mol. The first-order chi connectivity index (χ1) is 12.4. The molecule has 0 saturated heterocycles. The summed E-state index contributed by atoms with van der Waals surface area (Å²) in [6.45, 7) is 0.676. The molecule has 0 atom stereocenters. The molecule has 3 heterocycles. The second-order valence-corrected chi connectivity index (χ2v) is 6.16. The molecule has 1 aromatic heterocycles. The number of pyridine rings is 1. The van der Waals surface area contributed by atoms with Gasteiger partial charge in [-0.1, -0.05) is 36.4 Å². The van der Waals surface area contributed by atoms with E-state index in [1.54, 1.807) is 0 Å². The smallest absolute Gasteiger partial charge is 0.152 e. The number of para-hydroxylation sites is 3. The summed E-state index contributed by atoms with van der Waals surface area (Å²) in [5.41, 5.74) is 6.30. The van der Waals surface area contributed by atoms with Crippen LogP contribution >= 0.6 is 0 Å². The molecule has 5 rings (SSSR count). The Morgan fingerprint density at radius 1 is 0.760 bits per heavy atom. The molecular formula is C20H17N5. The van der Waals surface area contributed by atoms with Crippen molar-refractivity contribution in [3.63, 3.8) is 0 Å². The molecule has 5 heteroatoms. The summed E-state index contributed by atoms with van der Waals surface area (Å²) in [7, 11) is 0. The molecule has 0 saturated carbocycles. The van der Waals surface area contributed by atoms with E-state index in [1.807, 2.05) is 42.5 Å². The van der Waals surface area contributed by atoms with Crippen molar-refractivity contribution in [1.29, 1.82) is 0 Å². The molecule has 5 nitrogen and oxygen atoms in total. The van der Waals surface area contributed by atoms with Crippen molar-refractivity contribution in [1.82, 2.24) is 4.98 Å². The maximum absolute atomic E-state index is 4.82. The first kappa shape index (κ1) is 14.0. The molecule has 0 amide bonds. The fourth-order valence-corrected chi connectivity index (χ4v) is 3.23. The van der Waals surface area contributed by atoms with E-state index in [-0.39, 0.29) is 6.17 Å². The Hall–Kier alpha value is -3.34.